The summed E-state index contributed by atoms with van der Waals surface area (Å²) in [6.45, 7) is 2.31. The lowest BCUT2D eigenvalue weighted by Gasteiger charge is -2.04. The Hall–Kier alpha value is -2.93. The molecule has 0 aliphatic rings. The number of amides is 1. The molecule has 0 atom stereocenters. The van der Waals surface area contributed by atoms with E-state index in [-0.39, 0.29) is 5.91 Å². The predicted octanol–water partition coefficient (Wildman–Crippen LogP) is 3.69. The molecule has 0 bridgehead atoms. The quantitative estimate of drug-likeness (QED) is 0.730. The number of benzene rings is 2. The van der Waals surface area contributed by atoms with Crippen LogP contribution in [-0.2, 0) is 6.61 Å². The van der Waals surface area contributed by atoms with Crippen molar-refractivity contribution in [2.24, 2.45) is 0 Å². The standard InChI is InChI=1S/C18H17N3O3S/c1-12-5-3-8-15(9-12)24-11-16-20-21-18(25-16)19-17(22)13-6-4-7-14(10-13)23-2/h3-10H,11H2,1-2H3,(H,19,21,22). The number of ether oxygens (including phenoxy) is 2. The highest BCUT2D eigenvalue weighted by Crippen LogP contribution is 2.20. The average Bonchev–Trinajstić information content (AvgIpc) is 3.07. The Morgan fingerprint density at radius 3 is 2.72 bits per heavy atom. The van der Waals surface area contributed by atoms with Crippen LogP contribution >= 0.6 is 11.3 Å². The third-order valence-corrected chi connectivity index (χ3v) is 4.18. The molecule has 3 rings (SSSR count). The Bertz CT molecular complexity index is 879. The highest BCUT2D eigenvalue weighted by Gasteiger charge is 2.11. The molecule has 0 unspecified atom stereocenters. The fraction of sp³-hybridized carbons (Fsp3) is 0.167. The third-order valence-electron chi connectivity index (χ3n) is 3.37. The minimum Gasteiger partial charge on any atom is -0.497 e. The topological polar surface area (TPSA) is 73.3 Å². The number of aryl methyl sites for hydroxylation is 1. The molecule has 0 saturated carbocycles. The molecule has 0 saturated heterocycles. The molecule has 128 valence electrons. The van der Waals surface area contributed by atoms with E-state index in [1.54, 1.807) is 31.4 Å². The van der Waals surface area contributed by atoms with Gasteiger partial charge in [0.1, 0.15) is 18.1 Å². The van der Waals surface area contributed by atoms with E-state index >= 15 is 0 Å². The van der Waals surface area contributed by atoms with E-state index in [4.69, 9.17) is 9.47 Å². The third kappa shape index (κ3) is 4.54. The maximum atomic E-state index is 12.2. The number of aromatic nitrogens is 2. The summed E-state index contributed by atoms with van der Waals surface area (Å²) in [4.78, 5) is 12.2. The zero-order valence-corrected chi connectivity index (χ0v) is 14.7. The van der Waals surface area contributed by atoms with Crippen LogP contribution in [0.3, 0.4) is 0 Å². The van der Waals surface area contributed by atoms with Crippen LogP contribution in [0.4, 0.5) is 5.13 Å². The number of nitrogens with zero attached hydrogens (tertiary/aromatic N) is 2. The van der Waals surface area contributed by atoms with Crippen molar-refractivity contribution in [3.8, 4) is 11.5 Å². The first-order valence-electron chi connectivity index (χ1n) is 7.61. The smallest absolute Gasteiger partial charge is 0.257 e. The molecule has 6 nitrogen and oxygen atoms in total. The molecule has 0 fully saturated rings. The van der Waals surface area contributed by atoms with E-state index in [9.17, 15) is 4.79 Å². The summed E-state index contributed by atoms with van der Waals surface area (Å²) >= 11 is 1.28. The van der Waals surface area contributed by atoms with Crippen LogP contribution < -0.4 is 14.8 Å². The molecule has 0 aliphatic carbocycles. The number of anilines is 1. The van der Waals surface area contributed by atoms with E-state index in [2.05, 4.69) is 15.5 Å². The van der Waals surface area contributed by atoms with Crippen molar-refractivity contribution in [3.05, 3.63) is 64.7 Å². The maximum Gasteiger partial charge on any atom is 0.257 e. The number of rotatable bonds is 6. The number of methoxy groups -OCH3 is 1. The van der Waals surface area contributed by atoms with Crippen LogP contribution in [0.2, 0.25) is 0 Å². The van der Waals surface area contributed by atoms with Gasteiger partial charge in [-0.15, -0.1) is 10.2 Å². The lowest BCUT2D eigenvalue weighted by Crippen LogP contribution is -2.11. The van der Waals surface area contributed by atoms with Crippen LogP contribution in [0.25, 0.3) is 0 Å². The van der Waals surface area contributed by atoms with Gasteiger partial charge in [-0.3, -0.25) is 10.1 Å². The SMILES string of the molecule is COc1cccc(C(=O)Nc2nnc(COc3cccc(C)c3)s2)c1. The fourth-order valence-corrected chi connectivity index (χ4v) is 2.79. The molecule has 0 spiro atoms. The summed E-state index contributed by atoms with van der Waals surface area (Å²) in [6.07, 6.45) is 0. The number of carbonyl (C=O) groups is 1. The van der Waals surface area contributed by atoms with Crippen molar-refractivity contribution in [3.63, 3.8) is 0 Å². The van der Waals surface area contributed by atoms with Gasteiger partial charge < -0.3 is 9.47 Å². The lowest BCUT2D eigenvalue weighted by molar-refractivity contribution is 0.102. The van der Waals surface area contributed by atoms with Gasteiger partial charge in [0, 0.05) is 5.56 Å². The van der Waals surface area contributed by atoms with E-state index in [1.807, 2.05) is 31.2 Å². The second-order valence-electron chi connectivity index (χ2n) is 5.29. The number of hydrogen-bond donors (Lipinski definition) is 1. The van der Waals surface area contributed by atoms with Crippen LogP contribution in [-0.4, -0.2) is 23.2 Å². The van der Waals surface area contributed by atoms with E-state index in [1.165, 1.54) is 11.3 Å². The zero-order valence-electron chi connectivity index (χ0n) is 13.9. The normalized spacial score (nSPS) is 10.3. The Kier molecular flexibility index (Phi) is 5.25. The van der Waals surface area contributed by atoms with Gasteiger partial charge in [0.2, 0.25) is 5.13 Å². The van der Waals surface area contributed by atoms with E-state index in [0.29, 0.717) is 28.1 Å². The van der Waals surface area contributed by atoms with Gasteiger partial charge >= 0.3 is 0 Å². The zero-order chi connectivity index (χ0) is 17.6. The molecule has 1 heterocycles. The summed E-state index contributed by atoms with van der Waals surface area (Å²) < 4.78 is 10.8. The minimum absolute atomic E-state index is 0.263. The first-order chi connectivity index (χ1) is 12.1. The van der Waals surface area contributed by atoms with Crippen molar-refractivity contribution < 1.29 is 14.3 Å². The first kappa shape index (κ1) is 16.9. The minimum atomic E-state index is -0.263. The molecule has 25 heavy (non-hydrogen) atoms. The molecule has 0 aliphatic heterocycles. The summed E-state index contributed by atoms with van der Waals surface area (Å²) in [7, 11) is 1.56. The van der Waals surface area contributed by atoms with Gasteiger partial charge in [-0.25, -0.2) is 0 Å². The maximum absolute atomic E-state index is 12.2. The van der Waals surface area contributed by atoms with Gasteiger partial charge in [-0.2, -0.15) is 0 Å². The van der Waals surface area contributed by atoms with Crippen LogP contribution in [0, 0.1) is 6.92 Å². The number of hydrogen-bond acceptors (Lipinski definition) is 6. The average molecular weight is 355 g/mol. The van der Waals surface area contributed by atoms with Gasteiger partial charge in [0.15, 0.2) is 5.01 Å². The molecular formula is C18H17N3O3S. The Balaban J connectivity index is 1.60. The molecule has 0 radical (unpaired) electrons. The largest absolute Gasteiger partial charge is 0.497 e. The Morgan fingerprint density at radius 1 is 1.12 bits per heavy atom. The van der Waals surface area contributed by atoms with Crippen molar-refractivity contribution >= 4 is 22.4 Å². The van der Waals surface area contributed by atoms with Gasteiger partial charge in [0.05, 0.1) is 7.11 Å². The molecule has 1 aromatic heterocycles. The van der Waals surface area contributed by atoms with Crippen molar-refractivity contribution in [1.82, 2.24) is 10.2 Å². The fourth-order valence-electron chi connectivity index (χ4n) is 2.15. The van der Waals surface area contributed by atoms with Crippen LogP contribution in [0.1, 0.15) is 20.9 Å². The second-order valence-corrected chi connectivity index (χ2v) is 6.35. The van der Waals surface area contributed by atoms with Crippen molar-refractivity contribution in [1.29, 1.82) is 0 Å². The van der Waals surface area contributed by atoms with Crippen LogP contribution in [0.15, 0.2) is 48.5 Å². The predicted molar refractivity (Wildman–Crippen MR) is 96.4 cm³/mol. The van der Waals surface area contributed by atoms with E-state index < -0.39 is 0 Å². The molecule has 3 aromatic rings. The van der Waals surface area contributed by atoms with Crippen molar-refractivity contribution in [2.45, 2.75) is 13.5 Å². The number of nitrogens with one attached hydrogen (secondary N) is 1. The summed E-state index contributed by atoms with van der Waals surface area (Å²) in [5.74, 6) is 1.13. The highest BCUT2D eigenvalue weighted by molar-refractivity contribution is 7.15. The summed E-state index contributed by atoms with van der Waals surface area (Å²) in [5.41, 5.74) is 1.62. The van der Waals surface area contributed by atoms with Gasteiger partial charge in [-0.1, -0.05) is 29.5 Å². The molecular weight excluding hydrogens is 338 g/mol. The molecule has 1 N–H and O–H groups in total. The van der Waals surface area contributed by atoms with Crippen LogP contribution in [0.5, 0.6) is 11.5 Å². The highest BCUT2D eigenvalue weighted by atomic mass is 32.1. The number of carbonyl (C=O) groups excluding carboxylic acids is 1. The Morgan fingerprint density at radius 2 is 1.92 bits per heavy atom. The summed E-state index contributed by atoms with van der Waals surface area (Å²) in [6, 6.07) is 14.7. The van der Waals surface area contributed by atoms with Gasteiger partial charge in [-0.05, 0) is 42.8 Å². The molecule has 2 aromatic carbocycles. The first-order valence-corrected chi connectivity index (χ1v) is 8.43. The lowest BCUT2D eigenvalue weighted by atomic mass is 10.2. The second kappa shape index (κ2) is 7.76. The molecule has 7 heteroatoms. The van der Waals surface area contributed by atoms with Gasteiger partial charge in [0.25, 0.3) is 5.91 Å². The summed E-state index contributed by atoms with van der Waals surface area (Å²) in [5, 5.41) is 11.9. The molecule has 1 amide bonds. The van der Waals surface area contributed by atoms with E-state index in [0.717, 1.165) is 11.3 Å². The Labute approximate surface area is 149 Å². The monoisotopic (exact) mass is 355 g/mol. The van der Waals surface area contributed by atoms with Crippen molar-refractivity contribution in [2.75, 3.05) is 12.4 Å².